The number of rotatable bonds is 5. The van der Waals surface area contributed by atoms with Gasteiger partial charge in [-0.3, -0.25) is 0 Å². The Labute approximate surface area is 122 Å². The van der Waals surface area contributed by atoms with E-state index in [-0.39, 0.29) is 6.04 Å². The Hall–Kier alpha value is -1.65. The van der Waals surface area contributed by atoms with Gasteiger partial charge in [0.1, 0.15) is 11.3 Å². The van der Waals surface area contributed by atoms with Crippen molar-refractivity contribution in [2.45, 2.75) is 25.8 Å². The fraction of sp³-hybridized carbons (Fsp3) is 0.312. The van der Waals surface area contributed by atoms with Crippen molar-refractivity contribution in [3.63, 3.8) is 0 Å². The van der Waals surface area contributed by atoms with Gasteiger partial charge < -0.3 is 9.73 Å². The van der Waals surface area contributed by atoms with Crippen molar-refractivity contribution in [1.82, 2.24) is 10.3 Å². The van der Waals surface area contributed by atoms with E-state index in [2.05, 4.69) is 36.3 Å². The monoisotopic (exact) mass is 286 g/mol. The summed E-state index contributed by atoms with van der Waals surface area (Å²) in [5.41, 5.74) is 0.948. The third-order valence-electron chi connectivity index (χ3n) is 3.47. The van der Waals surface area contributed by atoms with E-state index in [9.17, 15) is 0 Å². The number of benzene rings is 1. The number of hydrogen-bond acceptors (Lipinski definition) is 4. The highest BCUT2D eigenvalue weighted by Crippen LogP contribution is 2.24. The smallest absolute Gasteiger partial charge is 0.134 e. The van der Waals surface area contributed by atoms with Crippen LogP contribution in [0.2, 0.25) is 0 Å². The second-order valence-electron chi connectivity index (χ2n) is 5.09. The molecule has 3 nitrogen and oxygen atoms in total. The van der Waals surface area contributed by atoms with E-state index in [0.717, 1.165) is 23.3 Å². The molecule has 0 fully saturated rings. The highest BCUT2D eigenvalue weighted by Gasteiger charge is 2.14. The molecule has 104 valence electrons. The lowest BCUT2D eigenvalue weighted by Gasteiger charge is -2.14. The molecule has 1 N–H and O–H groups in total. The van der Waals surface area contributed by atoms with Crippen molar-refractivity contribution in [3.8, 4) is 0 Å². The summed E-state index contributed by atoms with van der Waals surface area (Å²) in [4.78, 5) is 4.36. The van der Waals surface area contributed by atoms with Gasteiger partial charge >= 0.3 is 0 Å². The van der Waals surface area contributed by atoms with E-state index < -0.39 is 0 Å². The van der Waals surface area contributed by atoms with Gasteiger partial charge in [-0.25, -0.2) is 4.98 Å². The van der Waals surface area contributed by atoms with E-state index in [0.29, 0.717) is 5.92 Å². The minimum atomic E-state index is 0.199. The van der Waals surface area contributed by atoms with E-state index in [1.807, 2.05) is 29.8 Å². The van der Waals surface area contributed by atoms with Crippen LogP contribution in [0.15, 0.2) is 46.3 Å². The maximum atomic E-state index is 5.88. The van der Waals surface area contributed by atoms with Crippen molar-refractivity contribution in [1.29, 1.82) is 0 Å². The number of para-hydroxylation sites is 1. The first kappa shape index (κ1) is 13.3. The number of aromatic nitrogens is 1. The zero-order chi connectivity index (χ0) is 13.9. The Bertz CT molecular complexity index is 642. The molecule has 1 aromatic carbocycles. The largest absolute Gasteiger partial charge is 0.459 e. The number of nitrogens with one attached hydrogen (secondary N) is 1. The standard InChI is InChI=1S/C16H18N2OS/c1-11(16-17-7-8-20-16)10-18-12(2)15-9-13-5-3-4-6-14(13)19-15/h3-9,11-12,18H,10H2,1-2H3. The summed E-state index contributed by atoms with van der Waals surface area (Å²) in [7, 11) is 0. The Morgan fingerprint density at radius 1 is 1.30 bits per heavy atom. The number of fused-ring (bicyclic) bond motifs is 1. The topological polar surface area (TPSA) is 38.1 Å². The third-order valence-corrected chi connectivity index (χ3v) is 4.48. The van der Waals surface area contributed by atoms with Gasteiger partial charge in [-0.05, 0) is 19.1 Å². The average Bonchev–Trinajstić information content (AvgIpc) is 3.12. The van der Waals surface area contributed by atoms with Crippen LogP contribution in [0, 0.1) is 0 Å². The molecule has 0 radical (unpaired) electrons. The minimum Gasteiger partial charge on any atom is -0.459 e. The molecule has 0 saturated heterocycles. The van der Waals surface area contributed by atoms with Crippen molar-refractivity contribution >= 4 is 22.3 Å². The molecule has 0 aliphatic heterocycles. The maximum Gasteiger partial charge on any atom is 0.134 e. The molecule has 2 heterocycles. The number of furan rings is 1. The first-order valence-corrected chi connectivity index (χ1v) is 7.73. The van der Waals surface area contributed by atoms with E-state index in [4.69, 9.17) is 4.42 Å². The summed E-state index contributed by atoms with van der Waals surface area (Å²) < 4.78 is 5.88. The van der Waals surface area contributed by atoms with Crippen molar-refractivity contribution in [3.05, 3.63) is 52.7 Å². The summed E-state index contributed by atoms with van der Waals surface area (Å²) in [5, 5.41) is 7.88. The van der Waals surface area contributed by atoms with Crippen LogP contribution in [-0.4, -0.2) is 11.5 Å². The van der Waals surface area contributed by atoms with Crippen LogP contribution in [0.4, 0.5) is 0 Å². The second kappa shape index (κ2) is 5.77. The van der Waals surface area contributed by atoms with E-state index in [1.54, 1.807) is 11.3 Å². The predicted molar refractivity (Wildman–Crippen MR) is 83.2 cm³/mol. The molecular formula is C16H18N2OS. The quantitative estimate of drug-likeness (QED) is 0.758. The van der Waals surface area contributed by atoms with Gasteiger partial charge in [-0.1, -0.05) is 25.1 Å². The normalized spacial score (nSPS) is 14.5. The first-order chi connectivity index (χ1) is 9.74. The molecule has 0 spiro atoms. The SMILES string of the molecule is CC(CNC(C)c1cc2ccccc2o1)c1nccs1. The summed E-state index contributed by atoms with van der Waals surface area (Å²) >= 11 is 1.71. The van der Waals surface area contributed by atoms with Gasteiger partial charge in [0, 0.05) is 29.4 Å². The van der Waals surface area contributed by atoms with Crippen LogP contribution in [0.3, 0.4) is 0 Å². The van der Waals surface area contributed by atoms with Crippen molar-refractivity contribution < 1.29 is 4.42 Å². The molecule has 3 aromatic rings. The number of thiazole rings is 1. The zero-order valence-electron chi connectivity index (χ0n) is 11.7. The van der Waals surface area contributed by atoms with Crippen molar-refractivity contribution in [2.24, 2.45) is 0 Å². The minimum absolute atomic E-state index is 0.199. The molecule has 0 amide bonds. The zero-order valence-corrected chi connectivity index (χ0v) is 12.5. The van der Waals surface area contributed by atoms with E-state index in [1.165, 1.54) is 5.01 Å². The molecule has 0 bridgehead atoms. The second-order valence-corrected chi connectivity index (χ2v) is 6.01. The summed E-state index contributed by atoms with van der Waals surface area (Å²) in [6.45, 7) is 5.22. The Morgan fingerprint density at radius 2 is 2.15 bits per heavy atom. The molecule has 2 aromatic heterocycles. The van der Waals surface area contributed by atoms with Gasteiger partial charge in [-0.15, -0.1) is 11.3 Å². The average molecular weight is 286 g/mol. The van der Waals surface area contributed by atoms with Crippen LogP contribution >= 0.6 is 11.3 Å². The molecule has 2 unspecified atom stereocenters. The fourth-order valence-electron chi connectivity index (χ4n) is 2.24. The molecule has 0 aliphatic carbocycles. The van der Waals surface area contributed by atoms with Crippen LogP contribution in [0.5, 0.6) is 0 Å². The van der Waals surface area contributed by atoms with Crippen molar-refractivity contribution in [2.75, 3.05) is 6.54 Å². The van der Waals surface area contributed by atoms with Crippen LogP contribution in [0.1, 0.15) is 36.6 Å². The Morgan fingerprint density at radius 3 is 2.90 bits per heavy atom. The molecule has 0 saturated carbocycles. The molecule has 2 atom stereocenters. The van der Waals surface area contributed by atoms with Crippen LogP contribution < -0.4 is 5.32 Å². The maximum absolute atomic E-state index is 5.88. The molecule has 20 heavy (non-hydrogen) atoms. The lowest BCUT2D eigenvalue weighted by Crippen LogP contribution is -2.23. The van der Waals surface area contributed by atoms with Crippen LogP contribution in [-0.2, 0) is 0 Å². The lowest BCUT2D eigenvalue weighted by molar-refractivity contribution is 0.441. The fourth-order valence-corrected chi connectivity index (χ4v) is 2.93. The highest BCUT2D eigenvalue weighted by molar-refractivity contribution is 7.09. The Kier molecular flexibility index (Phi) is 3.85. The third kappa shape index (κ3) is 2.76. The molecule has 0 aliphatic rings. The van der Waals surface area contributed by atoms with Crippen LogP contribution in [0.25, 0.3) is 11.0 Å². The highest BCUT2D eigenvalue weighted by atomic mass is 32.1. The van der Waals surface area contributed by atoms with Gasteiger partial charge in [0.25, 0.3) is 0 Å². The Balaban J connectivity index is 1.65. The molecule has 4 heteroatoms. The summed E-state index contributed by atoms with van der Waals surface area (Å²) in [6, 6.07) is 10.4. The summed E-state index contributed by atoms with van der Waals surface area (Å²) in [5.74, 6) is 1.40. The van der Waals surface area contributed by atoms with Gasteiger partial charge in [0.15, 0.2) is 0 Å². The van der Waals surface area contributed by atoms with E-state index >= 15 is 0 Å². The van der Waals surface area contributed by atoms with Gasteiger partial charge in [0.05, 0.1) is 11.0 Å². The molecule has 3 rings (SSSR count). The molecular weight excluding hydrogens is 268 g/mol. The van der Waals surface area contributed by atoms with Gasteiger partial charge in [-0.2, -0.15) is 0 Å². The predicted octanol–water partition coefficient (Wildman–Crippen LogP) is 4.34. The lowest BCUT2D eigenvalue weighted by atomic mass is 10.1. The first-order valence-electron chi connectivity index (χ1n) is 6.85. The van der Waals surface area contributed by atoms with Gasteiger partial charge in [0.2, 0.25) is 0 Å². The summed E-state index contributed by atoms with van der Waals surface area (Å²) in [6.07, 6.45) is 1.86. The number of hydrogen-bond donors (Lipinski definition) is 1. The number of nitrogens with zero attached hydrogens (tertiary/aromatic N) is 1.